The molecule has 0 amide bonds. The van der Waals surface area contributed by atoms with Crippen LogP contribution >= 0.6 is 0 Å². The van der Waals surface area contributed by atoms with Gasteiger partial charge in [-0.3, -0.25) is 5.10 Å². The molecular weight excluding hydrogens is 340 g/mol. The van der Waals surface area contributed by atoms with Crippen molar-refractivity contribution in [3.05, 3.63) is 60.4 Å². The van der Waals surface area contributed by atoms with Crippen molar-refractivity contribution in [1.82, 2.24) is 20.2 Å². The molecule has 0 aliphatic rings. The van der Waals surface area contributed by atoms with E-state index in [0.29, 0.717) is 5.95 Å². The number of aromatic amines is 1. The van der Waals surface area contributed by atoms with E-state index in [0.717, 1.165) is 39.5 Å². The summed E-state index contributed by atoms with van der Waals surface area (Å²) in [5.41, 5.74) is 3.80. The fraction of sp³-hybridized carbons (Fsp3) is 0.150. The van der Waals surface area contributed by atoms with E-state index in [9.17, 15) is 0 Å². The summed E-state index contributed by atoms with van der Waals surface area (Å²) in [6.45, 7) is 2.01. The van der Waals surface area contributed by atoms with Crippen molar-refractivity contribution in [3.8, 4) is 5.75 Å². The van der Waals surface area contributed by atoms with Crippen molar-refractivity contribution in [3.63, 3.8) is 0 Å². The molecule has 136 valence electrons. The Morgan fingerprint density at radius 3 is 2.81 bits per heavy atom. The number of aryl methyl sites for hydroxylation is 1. The number of nitrogens with zero attached hydrogens (tertiary/aromatic N) is 4. The first-order valence-electron chi connectivity index (χ1n) is 8.57. The summed E-state index contributed by atoms with van der Waals surface area (Å²) in [6.07, 6.45) is 1.73. The highest BCUT2D eigenvalue weighted by Crippen LogP contribution is 2.28. The zero-order valence-corrected chi connectivity index (χ0v) is 15.4. The first-order chi connectivity index (χ1) is 13.2. The summed E-state index contributed by atoms with van der Waals surface area (Å²) in [7, 11) is 3.61. The van der Waals surface area contributed by atoms with Gasteiger partial charge in [0.2, 0.25) is 5.95 Å². The highest BCUT2D eigenvalue weighted by Gasteiger charge is 2.11. The second kappa shape index (κ2) is 6.95. The second-order valence-electron chi connectivity index (χ2n) is 6.17. The predicted molar refractivity (Wildman–Crippen MR) is 107 cm³/mol. The molecule has 0 aliphatic carbocycles. The summed E-state index contributed by atoms with van der Waals surface area (Å²) < 4.78 is 5.37. The maximum Gasteiger partial charge on any atom is 0.229 e. The van der Waals surface area contributed by atoms with Crippen LogP contribution in [-0.4, -0.2) is 34.3 Å². The number of ether oxygens (including phenoxy) is 1. The van der Waals surface area contributed by atoms with Crippen molar-refractivity contribution < 1.29 is 4.74 Å². The summed E-state index contributed by atoms with van der Waals surface area (Å²) in [5.74, 6) is 2.01. The normalized spacial score (nSPS) is 10.8. The van der Waals surface area contributed by atoms with Crippen LogP contribution in [0.25, 0.3) is 10.9 Å². The largest absolute Gasteiger partial charge is 0.495 e. The molecule has 2 N–H and O–H groups in total. The average molecular weight is 360 g/mol. The molecule has 0 unspecified atom stereocenters. The first kappa shape index (κ1) is 16.8. The number of rotatable bonds is 5. The van der Waals surface area contributed by atoms with Crippen LogP contribution in [0.5, 0.6) is 5.75 Å². The van der Waals surface area contributed by atoms with Gasteiger partial charge < -0.3 is 15.0 Å². The minimum atomic E-state index is 0.501. The van der Waals surface area contributed by atoms with Crippen LogP contribution in [0.3, 0.4) is 0 Å². The van der Waals surface area contributed by atoms with Crippen molar-refractivity contribution in [2.24, 2.45) is 0 Å². The SMILES string of the molecule is COc1ccccc1Nc1nccc(N(C)c2ccc3c(C)[nH]nc3c2)n1. The summed E-state index contributed by atoms with van der Waals surface area (Å²) in [6, 6.07) is 15.7. The monoisotopic (exact) mass is 360 g/mol. The van der Waals surface area contributed by atoms with Gasteiger partial charge in [-0.25, -0.2) is 4.98 Å². The van der Waals surface area contributed by atoms with Gasteiger partial charge in [0.15, 0.2) is 0 Å². The highest BCUT2D eigenvalue weighted by molar-refractivity contribution is 5.85. The molecule has 0 aliphatic heterocycles. The zero-order chi connectivity index (χ0) is 18.8. The Kier molecular flexibility index (Phi) is 4.33. The lowest BCUT2D eigenvalue weighted by molar-refractivity contribution is 0.417. The lowest BCUT2D eigenvalue weighted by Crippen LogP contribution is -2.12. The molecule has 0 spiro atoms. The number of fused-ring (bicyclic) bond motifs is 1. The van der Waals surface area contributed by atoms with E-state index in [1.165, 1.54) is 0 Å². The second-order valence-corrected chi connectivity index (χ2v) is 6.17. The van der Waals surface area contributed by atoms with Crippen LogP contribution < -0.4 is 15.0 Å². The minimum absolute atomic E-state index is 0.501. The molecule has 4 rings (SSSR count). The Morgan fingerprint density at radius 1 is 1.11 bits per heavy atom. The van der Waals surface area contributed by atoms with E-state index in [4.69, 9.17) is 4.74 Å². The van der Waals surface area contributed by atoms with Gasteiger partial charge in [0.25, 0.3) is 0 Å². The average Bonchev–Trinajstić information content (AvgIpc) is 3.08. The van der Waals surface area contributed by atoms with Crippen molar-refractivity contribution >= 4 is 34.0 Å². The molecule has 4 aromatic rings. The third-order valence-corrected chi connectivity index (χ3v) is 4.45. The van der Waals surface area contributed by atoms with E-state index in [1.807, 2.05) is 55.3 Å². The third kappa shape index (κ3) is 3.27. The molecule has 7 nitrogen and oxygen atoms in total. The Morgan fingerprint density at radius 2 is 1.96 bits per heavy atom. The quantitative estimate of drug-likeness (QED) is 0.556. The van der Waals surface area contributed by atoms with Crippen LogP contribution in [-0.2, 0) is 0 Å². The fourth-order valence-electron chi connectivity index (χ4n) is 2.94. The van der Waals surface area contributed by atoms with Gasteiger partial charge in [0, 0.05) is 30.0 Å². The van der Waals surface area contributed by atoms with Crippen LogP contribution in [0.2, 0.25) is 0 Å². The number of para-hydroxylation sites is 2. The van der Waals surface area contributed by atoms with Crippen molar-refractivity contribution in [2.45, 2.75) is 6.92 Å². The van der Waals surface area contributed by atoms with Crippen molar-refractivity contribution in [2.75, 3.05) is 24.4 Å². The van der Waals surface area contributed by atoms with Crippen molar-refractivity contribution in [1.29, 1.82) is 0 Å². The minimum Gasteiger partial charge on any atom is -0.495 e. The van der Waals surface area contributed by atoms with Gasteiger partial charge in [0.05, 0.1) is 18.3 Å². The standard InChI is InChI=1S/C20H20N6O/c1-13-15-9-8-14(12-17(15)25-24-13)26(2)19-10-11-21-20(23-19)22-16-6-4-5-7-18(16)27-3/h4-12H,1-3H3,(H,24,25)(H,21,22,23). The number of H-pyrrole nitrogens is 1. The van der Waals surface area contributed by atoms with Gasteiger partial charge in [-0.15, -0.1) is 0 Å². The van der Waals surface area contributed by atoms with Gasteiger partial charge >= 0.3 is 0 Å². The molecule has 2 heterocycles. The fourth-order valence-corrected chi connectivity index (χ4v) is 2.94. The van der Waals surface area contributed by atoms with E-state index in [1.54, 1.807) is 13.3 Å². The maximum absolute atomic E-state index is 5.37. The van der Waals surface area contributed by atoms with Gasteiger partial charge in [-0.05, 0) is 43.3 Å². The lowest BCUT2D eigenvalue weighted by Gasteiger charge is -2.19. The van der Waals surface area contributed by atoms with Gasteiger partial charge in [-0.1, -0.05) is 12.1 Å². The summed E-state index contributed by atoms with van der Waals surface area (Å²) >= 11 is 0. The van der Waals surface area contributed by atoms with E-state index >= 15 is 0 Å². The van der Waals surface area contributed by atoms with Crippen LogP contribution in [0.4, 0.5) is 23.1 Å². The van der Waals surface area contributed by atoms with E-state index in [-0.39, 0.29) is 0 Å². The Bertz CT molecular complexity index is 1090. The number of hydrogen-bond donors (Lipinski definition) is 2. The maximum atomic E-state index is 5.37. The van der Waals surface area contributed by atoms with Gasteiger partial charge in [-0.2, -0.15) is 10.1 Å². The molecule has 2 aromatic heterocycles. The number of anilines is 4. The Hall–Kier alpha value is -3.61. The third-order valence-electron chi connectivity index (χ3n) is 4.45. The number of methoxy groups -OCH3 is 1. The molecule has 7 heteroatoms. The molecule has 27 heavy (non-hydrogen) atoms. The predicted octanol–water partition coefficient (Wildman–Crippen LogP) is 4.18. The highest BCUT2D eigenvalue weighted by atomic mass is 16.5. The zero-order valence-electron chi connectivity index (χ0n) is 15.4. The molecule has 0 saturated heterocycles. The van der Waals surface area contributed by atoms with Crippen LogP contribution in [0.15, 0.2) is 54.7 Å². The number of aromatic nitrogens is 4. The summed E-state index contributed by atoms with van der Waals surface area (Å²) in [5, 5.41) is 11.7. The van der Waals surface area contributed by atoms with E-state index in [2.05, 4.69) is 37.6 Å². The lowest BCUT2D eigenvalue weighted by atomic mass is 10.2. The topological polar surface area (TPSA) is 79.0 Å². The molecular formula is C20H20N6O. The number of nitrogens with one attached hydrogen (secondary N) is 2. The molecule has 0 bridgehead atoms. The molecule has 0 fully saturated rings. The number of hydrogen-bond acceptors (Lipinski definition) is 6. The van der Waals surface area contributed by atoms with E-state index < -0.39 is 0 Å². The molecule has 2 aromatic carbocycles. The number of benzene rings is 2. The molecule has 0 atom stereocenters. The summed E-state index contributed by atoms with van der Waals surface area (Å²) in [4.78, 5) is 10.9. The van der Waals surface area contributed by atoms with Crippen LogP contribution in [0.1, 0.15) is 5.69 Å². The first-order valence-corrected chi connectivity index (χ1v) is 8.57. The van der Waals surface area contributed by atoms with Crippen LogP contribution in [0, 0.1) is 6.92 Å². The Labute approximate surface area is 157 Å². The van der Waals surface area contributed by atoms with Gasteiger partial charge in [0.1, 0.15) is 11.6 Å². The molecule has 0 saturated carbocycles. The molecule has 0 radical (unpaired) electrons. The smallest absolute Gasteiger partial charge is 0.229 e. The Balaban J connectivity index is 1.62.